The first-order valence-electron chi connectivity index (χ1n) is 4.51. The molecule has 0 N–H and O–H groups in total. The fourth-order valence-corrected chi connectivity index (χ4v) is 4.45. The van der Waals surface area contributed by atoms with Gasteiger partial charge in [-0.25, -0.2) is 8.78 Å². The van der Waals surface area contributed by atoms with Crippen molar-refractivity contribution in [3.8, 4) is 0 Å². The minimum absolute atomic E-state index is 0.314. The lowest BCUT2D eigenvalue weighted by atomic mass is 10.0. The van der Waals surface area contributed by atoms with Crippen molar-refractivity contribution in [1.29, 1.82) is 0 Å². The van der Waals surface area contributed by atoms with Crippen LogP contribution in [0, 0.1) is 12.8 Å². The molecule has 1 aromatic rings. The molecule has 0 nitrogen and oxygen atoms in total. The van der Waals surface area contributed by atoms with Crippen LogP contribution < -0.4 is 0 Å². The largest absolute Gasteiger partial charge is 0.249 e. The van der Waals surface area contributed by atoms with Gasteiger partial charge in [0.1, 0.15) is 0 Å². The predicted molar refractivity (Wildman–Crippen MR) is 68.2 cm³/mol. The average Bonchev–Trinajstić information content (AvgIpc) is 2.41. The van der Waals surface area contributed by atoms with Gasteiger partial charge in [-0.3, -0.25) is 0 Å². The van der Waals surface area contributed by atoms with E-state index in [4.69, 9.17) is 0 Å². The molecule has 0 amide bonds. The minimum Gasteiger partial charge on any atom is -0.207 e. The van der Waals surface area contributed by atoms with Gasteiger partial charge < -0.3 is 0 Å². The molecule has 2 atom stereocenters. The molecule has 1 aromatic heterocycles. The molecule has 0 saturated heterocycles. The second-order valence-electron chi connectivity index (χ2n) is 3.72. The molecule has 0 bridgehead atoms. The predicted octanol–water partition coefficient (Wildman–Crippen LogP) is 5.55. The van der Waals surface area contributed by atoms with Crippen molar-refractivity contribution in [1.82, 2.24) is 0 Å². The minimum atomic E-state index is -2.68. The second kappa shape index (κ2) is 4.80. The van der Waals surface area contributed by atoms with E-state index in [2.05, 4.69) is 31.9 Å². The molecule has 0 aliphatic rings. The molecule has 0 fully saturated rings. The van der Waals surface area contributed by atoms with Crippen LogP contribution >= 0.6 is 43.2 Å². The summed E-state index contributed by atoms with van der Waals surface area (Å²) in [5, 5.41) is 0. The van der Waals surface area contributed by atoms with E-state index in [-0.39, 0.29) is 4.83 Å². The van der Waals surface area contributed by atoms with Gasteiger partial charge in [0.25, 0.3) is 0 Å². The third-order valence-corrected chi connectivity index (χ3v) is 5.93. The fraction of sp³-hybridized carbons (Fsp3) is 0.600. The zero-order valence-electron chi connectivity index (χ0n) is 8.65. The zero-order chi connectivity index (χ0) is 11.8. The molecular weight excluding hydrogens is 350 g/mol. The molecule has 15 heavy (non-hydrogen) atoms. The smallest absolute Gasteiger partial charge is 0.207 e. The van der Waals surface area contributed by atoms with Crippen LogP contribution in [0.3, 0.4) is 0 Å². The Morgan fingerprint density at radius 1 is 1.47 bits per heavy atom. The van der Waals surface area contributed by atoms with Gasteiger partial charge in [-0.2, -0.15) is 0 Å². The third-order valence-electron chi connectivity index (χ3n) is 2.33. The fourth-order valence-electron chi connectivity index (χ4n) is 1.17. The number of rotatable bonds is 3. The van der Waals surface area contributed by atoms with Crippen LogP contribution in [0.5, 0.6) is 0 Å². The molecule has 0 saturated carbocycles. The first-order valence-corrected chi connectivity index (χ1v) is 7.03. The van der Waals surface area contributed by atoms with E-state index in [0.29, 0.717) is 0 Å². The normalized spacial score (nSPS) is 16.5. The summed E-state index contributed by atoms with van der Waals surface area (Å²) in [6.07, 6.45) is 0. The monoisotopic (exact) mass is 360 g/mol. The Bertz CT molecular complexity index is 344. The van der Waals surface area contributed by atoms with E-state index in [9.17, 15) is 8.78 Å². The molecule has 2 unspecified atom stereocenters. The van der Waals surface area contributed by atoms with Crippen LogP contribution in [0.2, 0.25) is 0 Å². The summed E-state index contributed by atoms with van der Waals surface area (Å²) < 4.78 is 27.2. The van der Waals surface area contributed by atoms with Crippen molar-refractivity contribution in [2.45, 2.75) is 31.5 Å². The number of halogens is 4. The average molecular weight is 362 g/mol. The number of thiophene rings is 1. The summed E-state index contributed by atoms with van der Waals surface area (Å²) in [6.45, 7) is 4.48. The lowest BCUT2D eigenvalue weighted by molar-refractivity contribution is -0.0322. The molecule has 5 heteroatoms. The molecule has 0 aliphatic heterocycles. The Balaban J connectivity index is 2.94. The summed E-state index contributed by atoms with van der Waals surface area (Å²) in [6, 6.07) is 1.95. The Morgan fingerprint density at radius 3 is 2.33 bits per heavy atom. The quantitative estimate of drug-likeness (QED) is 0.619. The Morgan fingerprint density at radius 2 is 2.00 bits per heavy atom. The Kier molecular flexibility index (Phi) is 4.35. The molecular formula is C10H12Br2F2S. The molecule has 0 spiro atoms. The van der Waals surface area contributed by atoms with Crippen molar-refractivity contribution >= 4 is 43.2 Å². The van der Waals surface area contributed by atoms with E-state index in [1.54, 1.807) is 6.92 Å². The van der Waals surface area contributed by atoms with Crippen molar-refractivity contribution in [2.24, 2.45) is 5.92 Å². The van der Waals surface area contributed by atoms with E-state index in [0.717, 1.165) is 21.2 Å². The van der Waals surface area contributed by atoms with Gasteiger partial charge in [-0.15, -0.1) is 11.3 Å². The van der Waals surface area contributed by atoms with Crippen molar-refractivity contribution in [3.05, 3.63) is 20.3 Å². The molecule has 0 aromatic carbocycles. The van der Waals surface area contributed by atoms with Crippen molar-refractivity contribution in [2.75, 3.05) is 0 Å². The van der Waals surface area contributed by atoms with E-state index < -0.39 is 11.8 Å². The molecule has 0 radical (unpaired) electrons. The maximum Gasteiger partial charge on any atom is 0.249 e. The number of hydrogen-bond acceptors (Lipinski definition) is 1. The van der Waals surface area contributed by atoms with Crippen molar-refractivity contribution in [3.63, 3.8) is 0 Å². The van der Waals surface area contributed by atoms with Gasteiger partial charge in [-0.05, 0) is 35.8 Å². The van der Waals surface area contributed by atoms with Gasteiger partial charge >= 0.3 is 0 Å². The van der Waals surface area contributed by atoms with Crippen LogP contribution in [0.1, 0.15) is 28.4 Å². The van der Waals surface area contributed by atoms with Gasteiger partial charge in [0.05, 0.1) is 4.83 Å². The van der Waals surface area contributed by atoms with Gasteiger partial charge in [-0.1, -0.05) is 22.9 Å². The molecule has 0 aliphatic carbocycles. The van der Waals surface area contributed by atoms with Crippen LogP contribution in [0.25, 0.3) is 0 Å². The first-order chi connectivity index (χ1) is 6.73. The number of aryl methyl sites for hydroxylation is 1. The zero-order valence-corrected chi connectivity index (χ0v) is 12.6. The SMILES string of the molecule is Cc1cc(Br)c(C(Br)C(C)C(C)(F)F)s1. The molecule has 1 heterocycles. The summed E-state index contributed by atoms with van der Waals surface area (Å²) in [4.78, 5) is 1.74. The van der Waals surface area contributed by atoms with Gasteiger partial charge in [0.2, 0.25) is 5.92 Å². The summed E-state index contributed by atoms with van der Waals surface area (Å²) in [5.41, 5.74) is 0. The first kappa shape index (κ1) is 13.6. The second-order valence-corrected chi connectivity index (χ2v) is 6.84. The highest BCUT2D eigenvalue weighted by molar-refractivity contribution is 9.11. The highest BCUT2D eigenvalue weighted by Gasteiger charge is 2.37. The van der Waals surface area contributed by atoms with E-state index in [1.165, 1.54) is 11.3 Å². The third kappa shape index (κ3) is 3.24. The maximum absolute atomic E-state index is 13.1. The van der Waals surface area contributed by atoms with Crippen LogP contribution in [-0.4, -0.2) is 5.92 Å². The highest BCUT2D eigenvalue weighted by atomic mass is 79.9. The standard InChI is InChI=1S/C10H12Br2F2S/c1-5-4-7(11)9(15-5)8(12)6(2)10(3,13)14/h4,6,8H,1-3H3. The number of alkyl halides is 3. The summed E-state index contributed by atoms with van der Waals surface area (Å²) in [5.74, 6) is -3.40. The van der Waals surface area contributed by atoms with E-state index >= 15 is 0 Å². The Labute approximate surface area is 109 Å². The topological polar surface area (TPSA) is 0 Å². The van der Waals surface area contributed by atoms with Gasteiger partial charge in [0, 0.05) is 20.1 Å². The van der Waals surface area contributed by atoms with Crippen molar-refractivity contribution < 1.29 is 8.78 Å². The Hall–Kier alpha value is 0.520. The number of hydrogen-bond donors (Lipinski definition) is 0. The van der Waals surface area contributed by atoms with E-state index in [1.807, 2.05) is 13.0 Å². The van der Waals surface area contributed by atoms with Gasteiger partial charge in [0.15, 0.2) is 0 Å². The summed E-state index contributed by atoms with van der Waals surface area (Å²) in [7, 11) is 0. The maximum atomic E-state index is 13.1. The lowest BCUT2D eigenvalue weighted by Gasteiger charge is -2.23. The van der Waals surface area contributed by atoms with Crippen LogP contribution in [0.4, 0.5) is 8.78 Å². The molecule has 1 rings (SSSR count). The van der Waals surface area contributed by atoms with Crippen LogP contribution in [0.15, 0.2) is 10.5 Å². The summed E-state index contributed by atoms with van der Waals surface area (Å²) >= 11 is 8.28. The lowest BCUT2D eigenvalue weighted by Crippen LogP contribution is -2.24. The molecule has 86 valence electrons. The highest BCUT2D eigenvalue weighted by Crippen LogP contribution is 2.45. The van der Waals surface area contributed by atoms with Crippen LogP contribution in [-0.2, 0) is 0 Å².